The Morgan fingerprint density at radius 3 is 2.79 bits per heavy atom. The van der Waals surface area contributed by atoms with Crippen molar-refractivity contribution in [3.63, 3.8) is 0 Å². The lowest BCUT2D eigenvalue weighted by molar-refractivity contribution is 0.0635. The topological polar surface area (TPSA) is 52.7 Å². The molecule has 19 heavy (non-hydrogen) atoms. The number of hydrogen-bond acceptors (Lipinski definition) is 4. The largest absolute Gasteiger partial charge is 0.506 e. The van der Waals surface area contributed by atoms with Crippen molar-refractivity contribution in [3.05, 3.63) is 28.8 Å². The molecule has 0 radical (unpaired) electrons. The van der Waals surface area contributed by atoms with Crippen LogP contribution in [0.5, 0.6) is 5.75 Å². The number of likely N-dealkylation sites (N-methyl/N-ethyl adjacent to an activating group) is 1. The first kappa shape index (κ1) is 14.6. The normalized spacial score (nSPS) is 23.5. The quantitative estimate of drug-likeness (QED) is 0.886. The van der Waals surface area contributed by atoms with E-state index in [0.717, 1.165) is 25.2 Å². The summed E-state index contributed by atoms with van der Waals surface area (Å²) in [6.45, 7) is 5.86. The molecule has 2 rings (SSSR count). The number of piperazine rings is 1. The molecule has 5 heteroatoms. The fourth-order valence-electron chi connectivity index (χ4n) is 2.81. The molecule has 1 heterocycles. The average Bonchev–Trinajstić information content (AvgIpc) is 2.37. The molecule has 1 aliphatic rings. The molecule has 0 bridgehead atoms. The number of phenolic OH excluding ortho intramolecular Hbond substituents is 1. The van der Waals surface area contributed by atoms with E-state index in [1.165, 1.54) is 0 Å². The number of nitrogens with zero attached hydrogens (tertiary/aromatic N) is 2. The van der Waals surface area contributed by atoms with Gasteiger partial charge in [-0.1, -0.05) is 17.7 Å². The lowest BCUT2D eigenvalue weighted by atomic mass is 10.0. The van der Waals surface area contributed by atoms with E-state index in [1.54, 1.807) is 6.07 Å². The number of nitrogens with two attached hydrogens (primary N) is 1. The van der Waals surface area contributed by atoms with Crippen molar-refractivity contribution in [3.8, 4) is 5.75 Å². The molecule has 1 saturated heterocycles. The smallest absolute Gasteiger partial charge is 0.134 e. The maximum atomic E-state index is 9.51. The van der Waals surface area contributed by atoms with Gasteiger partial charge in [0.1, 0.15) is 5.75 Å². The summed E-state index contributed by atoms with van der Waals surface area (Å²) >= 11 is 6.00. The number of hydrogen-bond donors (Lipinski definition) is 2. The van der Waals surface area contributed by atoms with E-state index in [4.69, 9.17) is 17.3 Å². The Balaban J connectivity index is 2.21. The van der Waals surface area contributed by atoms with Gasteiger partial charge in [0.25, 0.3) is 0 Å². The predicted molar refractivity (Wildman–Crippen MR) is 78.6 cm³/mol. The van der Waals surface area contributed by atoms with Gasteiger partial charge in [-0.05, 0) is 31.7 Å². The first-order valence-corrected chi connectivity index (χ1v) is 7.03. The highest BCUT2D eigenvalue weighted by Gasteiger charge is 2.28. The number of halogens is 1. The number of aromatic hydroxyl groups is 1. The maximum absolute atomic E-state index is 9.51. The van der Waals surface area contributed by atoms with Gasteiger partial charge in [-0.2, -0.15) is 0 Å². The average molecular weight is 284 g/mol. The third-order valence-electron chi connectivity index (χ3n) is 3.86. The number of phenols is 1. The highest BCUT2D eigenvalue weighted by molar-refractivity contribution is 6.32. The number of rotatable bonds is 3. The van der Waals surface area contributed by atoms with E-state index >= 15 is 0 Å². The maximum Gasteiger partial charge on any atom is 0.134 e. The standard InChI is InChI=1S/C14H22ClN3O/c1-10-9-17(2)5-6-18(10)13(8-16)11-3-4-14(19)12(15)7-11/h3-4,7,10,13,19H,5-6,8-9,16H2,1-2H3. The summed E-state index contributed by atoms with van der Waals surface area (Å²) in [5, 5.41) is 9.90. The van der Waals surface area contributed by atoms with Crippen LogP contribution < -0.4 is 5.73 Å². The van der Waals surface area contributed by atoms with Crippen molar-refractivity contribution < 1.29 is 5.11 Å². The fraction of sp³-hybridized carbons (Fsp3) is 0.571. The van der Waals surface area contributed by atoms with Gasteiger partial charge in [0.2, 0.25) is 0 Å². The molecular formula is C14H22ClN3O. The summed E-state index contributed by atoms with van der Waals surface area (Å²) in [5.74, 6) is 0.118. The van der Waals surface area contributed by atoms with Crippen molar-refractivity contribution in [1.29, 1.82) is 0 Å². The summed E-state index contributed by atoms with van der Waals surface area (Å²) in [7, 11) is 2.14. The summed E-state index contributed by atoms with van der Waals surface area (Å²) in [5.41, 5.74) is 7.03. The Hall–Kier alpha value is -0.810. The fourth-order valence-corrected chi connectivity index (χ4v) is 3.00. The molecule has 1 aromatic rings. The van der Waals surface area contributed by atoms with Gasteiger partial charge >= 0.3 is 0 Å². The molecule has 1 aromatic carbocycles. The van der Waals surface area contributed by atoms with Gasteiger partial charge < -0.3 is 15.7 Å². The van der Waals surface area contributed by atoms with Crippen LogP contribution in [-0.4, -0.2) is 54.2 Å². The molecule has 2 atom stereocenters. The minimum absolute atomic E-state index is 0.118. The van der Waals surface area contributed by atoms with Crippen LogP contribution in [0, 0.1) is 0 Å². The summed E-state index contributed by atoms with van der Waals surface area (Å²) in [6.07, 6.45) is 0. The molecule has 0 amide bonds. The second-order valence-electron chi connectivity index (χ2n) is 5.31. The third-order valence-corrected chi connectivity index (χ3v) is 4.16. The Morgan fingerprint density at radius 2 is 2.21 bits per heavy atom. The molecule has 0 aliphatic carbocycles. The van der Waals surface area contributed by atoms with E-state index in [9.17, 15) is 5.11 Å². The highest BCUT2D eigenvalue weighted by Crippen LogP contribution is 2.30. The second-order valence-corrected chi connectivity index (χ2v) is 5.72. The van der Waals surface area contributed by atoms with Crippen LogP contribution in [0.4, 0.5) is 0 Å². The van der Waals surface area contributed by atoms with Crippen molar-refractivity contribution >= 4 is 11.6 Å². The van der Waals surface area contributed by atoms with Gasteiger partial charge in [0, 0.05) is 38.3 Å². The number of benzene rings is 1. The minimum atomic E-state index is 0.118. The molecule has 0 aromatic heterocycles. The molecule has 1 aliphatic heterocycles. The summed E-state index contributed by atoms with van der Waals surface area (Å²) < 4.78 is 0. The van der Waals surface area contributed by atoms with Crippen LogP contribution in [0.2, 0.25) is 5.02 Å². The first-order chi connectivity index (χ1) is 9.02. The monoisotopic (exact) mass is 283 g/mol. The van der Waals surface area contributed by atoms with E-state index < -0.39 is 0 Å². The van der Waals surface area contributed by atoms with Crippen LogP contribution in [0.15, 0.2) is 18.2 Å². The summed E-state index contributed by atoms with van der Waals surface area (Å²) in [6, 6.07) is 5.98. The van der Waals surface area contributed by atoms with Crippen molar-refractivity contribution in [1.82, 2.24) is 9.80 Å². The van der Waals surface area contributed by atoms with Crippen LogP contribution in [0.3, 0.4) is 0 Å². The summed E-state index contributed by atoms with van der Waals surface area (Å²) in [4.78, 5) is 4.75. The molecule has 2 unspecified atom stereocenters. The molecule has 4 nitrogen and oxygen atoms in total. The first-order valence-electron chi connectivity index (χ1n) is 6.65. The third kappa shape index (κ3) is 3.20. The Labute approximate surface area is 119 Å². The van der Waals surface area contributed by atoms with E-state index in [-0.39, 0.29) is 11.8 Å². The lowest BCUT2D eigenvalue weighted by Gasteiger charge is -2.42. The van der Waals surface area contributed by atoms with Crippen LogP contribution >= 0.6 is 11.6 Å². The van der Waals surface area contributed by atoms with Crippen molar-refractivity contribution in [2.24, 2.45) is 5.73 Å². The van der Waals surface area contributed by atoms with Gasteiger partial charge in [-0.3, -0.25) is 4.90 Å². The Bertz CT molecular complexity index is 441. The van der Waals surface area contributed by atoms with E-state index in [1.807, 2.05) is 12.1 Å². The van der Waals surface area contributed by atoms with Crippen LogP contribution in [-0.2, 0) is 0 Å². The van der Waals surface area contributed by atoms with Gasteiger partial charge in [-0.15, -0.1) is 0 Å². The zero-order valence-electron chi connectivity index (χ0n) is 11.5. The lowest BCUT2D eigenvalue weighted by Crippen LogP contribution is -2.52. The van der Waals surface area contributed by atoms with Gasteiger partial charge in [0.05, 0.1) is 5.02 Å². The molecule has 3 N–H and O–H groups in total. The SMILES string of the molecule is CC1CN(C)CCN1C(CN)c1ccc(O)c(Cl)c1. The van der Waals surface area contributed by atoms with Crippen LogP contribution in [0.25, 0.3) is 0 Å². The highest BCUT2D eigenvalue weighted by atomic mass is 35.5. The molecule has 106 valence electrons. The van der Waals surface area contributed by atoms with Crippen LogP contribution in [0.1, 0.15) is 18.5 Å². The molecule has 0 spiro atoms. The van der Waals surface area contributed by atoms with Crippen molar-refractivity contribution in [2.75, 3.05) is 33.2 Å². The molecule has 1 fully saturated rings. The predicted octanol–water partition coefficient (Wildman–Crippen LogP) is 1.68. The zero-order chi connectivity index (χ0) is 14.0. The minimum Gasteiger partial charge on any atom is -0.506 e. The van der Waals surface area contributed by atoms with Gasteiger partial charge in [-0.25, -0.2) is 0 Å². The Kier molecular flexibility index (Phi) is 4.68. The van der Waals surface area contributed by atoms with E-state index in [0.29, 0.717) is 17.6 Å². The second kappa shape index (κ2) is 6.09. The molecule has 0 saturated carbocycles. The Morgan fingerprint density at radius 1 is 1.47 bits per heavy atom. The zero-order valence-corrected chi connectivity index (χ0v) is 12.3. The van der Waals surface area contributed by atoms with E-state index in [2.05, 4.69) is 23.8 Å². The van der Waals surface area contributed by atoms with Gasteiger partial charge in [0.15, 0.2) is 0 Å². The van der Waals surface area contributed by atoms with Crippen molar-refractivity contribution in [2.45, 2.75) is 19.0 Å². The molecular weight excluding hydrogens is 262 g/mol.